The number of rotatable bonds is 8. The number of nitrogens with one attached hydrogen (secondary N) is 1. The van der Waals surface area contributed by atoms with Gasteiger partial charge in [0.15, 0.2) is 18.9 Å². The molecule has 1 amide bonds. The Morgan fingerprint density at radius 1 is 1.18 bits per heavy atom. The van der Waals surface area contributed by atoms with Crippen LogP contribution >= 0.6 is 11.3 Å². The summed E-state index contributed by atoms with van der Waals surface area (Å²) in [7, 11) is 0. The van der Waals surface area contributed by atoms with Gasteiger partial charge < -0.3 is 10.1 Å². The number of hydrogen-bond donors (Lipinski definition) is 1. The summed E-state index contributed by atoms with van der Waals surface area (Å²) in [6, 6.07) is 10.1. The second kappa shape index (κ2) is 9.00. The quantitative estimate of drug-likeness (QED) is 0.456. The molecule has 3 rings (SSSR count). The molecule has 0 saturated heterocycles. The Balaban J connectivity index is 1.49. The van der Waals surface area contributed by atoms with Gasteiger partial charge in [-0.15, -0.1) is 21.5 Å². The highest BCUT2D eigenvalue weighted by Gasteiger charge is 2.13. The molecule has 0 atom stereocenters. The van der Waals surface area contributed by atoms with Crippen LogP contribution in [0.4, 0.5) is 5.69 Å². The topological polar surface area (TPSA) is 116 Å². The molecule has 2 heterocycles. The first-order valence-corrected chi connectivity index (χ1v) is 9.33. The average Bonchev–Trinajstić information content (AvgIpc) is 3.38. The van der Waals surface area contributed by atoms with Gasteiger partial charge in [-0.25, -0.2) is 4.79 Å². The van der Waals surface area contributed by atoms with E-state index in [1.165, 1.54) is 11.3 Å². The van der Waals surface area contributed by atoms with Crippen LogP contribution in [-0.2, 0) is 20.9 Å². The molecule has 0 aliphatic rings. The number of hydrogen-bond acceptors (Lipinski definition) is 8. The van der Waals surface area contributed by atoms with Crippen LogP contribution in [0.1, 0.15) is 23.7 Å². The van der Waals surface area contributed by atoms with E-state index in [9.17, 15) is 14.4 Å². The molecular weight excluding hydrogens is 382 g/mol. The van der Waals surface area contributed by atoms with Gasteiger partial charge in [0.1, 0.15) is 0 Å². The van der Waals surface area contributed by atoms with Crippen molar-refractivity contribution in [1.82, 2.24) is 20.2 Å². The minimum atomic E-state index is -0.643. The zero-order chi connectivity index (χ0) is 19.9. The number of amides is 1. The summed E-state index contributed by atoms with van der Waals surface area (Å²) in [4.78, 5) is 37.3. The van der Waals surface area contributed by atoms with Crippen LogP contribution < -0.4 is 5.32 Å². The standard InChI is InChI=1S/C18H17N5O4S/c1-2-16(25)19-13-7-5-12(6-8-13)14(24)11-27-17(26)10-23-21-18(20-22-23)15-4-3-9-28-15/h3-9H,2,10-11H2,1H3,(H,19,25). The minimum Gasteiger partial charge on any atom is -0.456 e. The molecule has 9 nitrogen and oxygen atoms in total. The average molecular weight is 399 g/mol. The van der Waals surface area contributed by atoms with Gasteiger partial charge in [-0.1, -0.05) is 13.0 Å². The third-order valence-electron chi connectivity index (χ3n) is 3.64. The van der Waals surface area contributed by atoms with E-state index in [0.29, 0.717) is 23.5 Å². The molecule has 2 aromatic heterocycles. The first kappa shape index (κ1) is 19.4. The lowest BCUT2D eigenvalue weighted by Crippen LogP contribution is -2.20. The molecule has 1 aromatic carbocycles. The Kier molecular flexibility index (Phi) is 6.22. The summed E-state index contributed by atoms with van der Waals surface area (Å²) in [6.45, 7) is 1.11. The van der Waals surface area contributed by atoms with Crippen LogP contribution in [0.5, 0.6) is 0 Å². The molecule has 0 radical (unpaired) electrons. The lowest BCUT2D eigenvalue weighted by Gasteiger charge is -2.06. The summed E-state index contributed by atoms with van der Waals surface area (Å²) in [5, 5.41) is 16.4. The van der Waals surface area contributed by atoms with Gasteiger partial charge in [0, 0.05) is 17.7 Å². The Morgan fingerprint density at radius 2 is 1.96 bits per heavy atom. The number of thiophene rings is 1. The summed E-state index contributed by atoms with van der Waals surface area (Å²) in [6.07, 6.45) is 0.367. The lowest BCUT2D eigenvalue weighted by atomic mass is 10.1. The molecule has 0 aliphatic carbocycles. The minimum absolute atomic E-state index is 0.114. The number of aromatic nitrogens is 4. The number of ketones is 1. The molecule has 1 N–H and O–H groups in total. The maximum Gasteiger partial charge on any atom is 0.330 e. The fraction of sp³-hybridized carbons (Fsp3) is 0.222. The van der Waals surface area contributed by atoms with Crippen LogP contribution in [0.15, 0.2) is 41.8 Å². The molecule has 0 spiro atoms. The Bertz CT molecular complexity index is 966. The third kappa shape index (κ3) is 5.07. The Morgan fingerprint density at radius 3 is 2.64 bits per heavy atom. The number of nitrogens with zero attached hydrogens (tertiary/aromatic N) is 4. The highest BCUT2D eigenvalue weighted by atomic mass is 32.1. The van der Waals surface area contributed by atoms with Crippen LogP contribution in [0, 0.1) is 0 Å². The van der Waals surface area contributed by atoms with Gasteiger partial charge in [0.05, 0.1) is 4.88 Å². The molecule has 0 fully saturated rings. The van der Waals surface area contributed by atoms with E-state index in [1.54, 1.807) is 31.2 Å². The van der Waals surface area contributed by atoms with Crippen LogP contribution in [0.2, 0.25) is 0 Å². The molecule has 144 valence electrons. The van der Waals surface area contributed by atoms with Gasteiger partial charge in [-0.3, -0.25) is 9.59 Å². The number of benzene rings is 1. The second-order valence-electron chi connectivity index (χ2n) is 5.68. The van der Waals surface area contributed by atoms with E-state index in [-0.39, 0.29) is 18.2 Å². The third-order valence-corrected chi connectivity index (χ3v) is 4.51. The fourth-order valence-corrected chi connectivity index (χ4v) is 2.84. The molecule has 10 heteroatoms. The maximum absolute atomic E-state index is 12.1. The van der Waals surface area contributed by atoms with Gasteiger partial charge >= 0.3 is 5.97 Å². The van der Waals surface area contributed by atoms with Crippen molar-refractivity contribution in [1.29, 1.82) is 0 Å². The van der Waals surface area contributed by atoms with Gasteiger partial charge in [-0.2, -0.15) is 4.80 Å². The van der Waals surface area contributed by atoms with E-state index in [0.717, 1.165) is 9.67 Å². The van der Waals surface area contributed by atoms with Crippen LogP contribution in [0.3, 0.4) is 0 Å². The van der Waals surface area contributed by atoms with Crippen molar-refractivity contribution in [3.8, 4) is 10.7 Å². The summed E-state index contributed by atoms with van der Waals surface area (Å²) in [5.74, 6) is -0.686. The first-order valence-electron chi connectivity index (χ1n) is 8.45. The molecule has 28 heavy (non-hydrogen) atoms. The van der Waals surface area contributed by atoms with Gasteiger partial charge in [0.25, 0.3) is 0 Å². The smallest absolute Gasteiger partial charge is 0.330 e. The van der Waals surface area contributed by atoms with Crippen LogP contribution in [-0.4, -0.2) is 44.5 Å². The first-order chi connectivity index (χ1) is 13.5. The molecule has 0 unspecified atom stereocenters. The van der Waals surface area contributed by atoms with E-state index in [4.69, 9.17) is 4.74 Å². The number of anilines is 1. The summed E-state index contributed by atoms with van der Waals surface area (Å²) < 4.78 is 4.99. The van der Waals surface area contributed by atoms with Crippen molar-refractivity contribution in [2.75, 3.05) is 11.9 Å². The monoisotopic (exact) mass is 399 g/mol. The molecular formula is C18H17N5O4S. The Labute approximate surface area is 164 Å². The predicted octanol–water partition coefficient (Wildman–Crippen LogP) is 2.18. The van der Waals surface area contributed by atoms with Crippen molar-refractivity contribution in [3.05, 3.63) is 47.3 Å². The van der Waals surface area contributed by atoms with Crippen molar-refractivity contribution in [2.24, 2.45) is 0 Å². The van der Waals surface area contributed by atoms with E-state index in [2.05, 4.69) is 20.7 Å². The summed E-state index contributed by atoms with van der Waals surface area (Å²) >= 11 is 1.46. The van der Waals surface area contributed by atoms with Gasteiger partial charge in [0.2, 0.25) is 11.7 Å². The SMILES string of the molecule is CCC(=O)Nc1ccc(C(=O)COC(=O)Cn2nnc(-c3cccs3)n2)cc1. The molecule has 3 aromatic rings. The highest BCUT2D eigenvalue weighted by molar-refractivity contribution is 7.13. The van der Waals surface area contributed by atoms with E-state index >= 15 is 0 Å². The number of Topliss-reactive ketones (excluding diaryl/α,β-unsaturated/α-hetero) is 1. The van der Waals surface area contributed by atoms with Crippen molar-refractivity contribution < 1.29 is 19.1 Å². The normalized spacial score (nSPS) is 10.5. The zero-order valence-electron chi connectivity index (χ0n) is 15.0. The predicted molar refractivity (Wildman–Crippen MR) is 102 cm³/mol. The largest absolute Gasteiger partial charge is 0.456 e. The lowest BCUT2D eigenvalue weighted by molar-refractivity contribution is -0.143. The molecule has 0 aliphatic heterocycles. The number of carbonyl (C=O) groups excluding carboxylic acids is 3. The maximum atomic E-state index is 12.1. The van der Waals surface area contributed by atoms with E-state index in [1.807, 2.05) is 17.5 Å². The molecule has 0 bridgehead atoms. The number of carbonyl (C=O) groups is 3. The van der Waals surface area contributed by atoms with Crippen LogP contribution in [0.25, 0.3) is 10.7 Å². The van der Waals surface area contributed by atoms with Crippen molar-refractivity contribution >= 4 is 34.7 Å². The van der Waals surface area contributed by atoms with Crippen molar-refractivity contribution in [3.63, 3.8) is 0 Å². The fourth-order valence-electron chi connectivity index (χ4n) is 2.19. The highest BCUT2D eigenvalue weighted by Crippen LogP contribution is 2.19. The number of tetrazole rings is 1. The molecule has 0 saturated carbocycles. The Hall–Kier alpha value is -3.40. The number of ether oxygens (including phenoxy) is 1. The van der Waals surface area contributed by atoms with Crippen molar-refractivity contribution in [2.45, 2.75) is 19.9 Å². The van der Waals surface area contributed by atoms with E-state index < -0.39 is 12.6 Å². The van der Waals surface area contributed by atoms with Gasteiger partial charge in [-0.05, 0) is 40.9 Å². The second-order valence-corrected chi connectivity index (χ2v) is 6.63. The number of esters is 1. The summed E-state index contributed by atoms with van der Waals surface area (Å²) in [5.41, 5.74) is 0.973. The zero-order valence-corrected chi connectivity index (χ0v) is 15.8.